The zero-order chi connectivity index (χ0) is 21.7. The molecule has 0 aliphatic rings. The topological polar surface area (TPSA) is 58.2 Å². The number of nitrogens with one attached hydrogen (secondary N) is 2. The second-order valence-electron chi connectivity index (χ2n) is 6.34. The van der Waals surface area contributed by atoms with Crippen LogP contribution in [0.3, 0.4) is 0 Å². The summed E-state index contributed by atoms with van der Waals surface area (Å²) in [4.78, 5) is 24.9. The summed E-state index contributed by atoms with van der Waals surface area (Å²) in [7, 11) is 0. The molecule has 0 spiro atoms. The van der Waals surface area contributed by atoms with Crippen molar-refractivity contribution >= 4 is 41.0 Å². The van der Waals surface area contributed by atoms with Crippen LogP contribution in [0.2, 0.25) is 5.02 Å². The number of hydrogen-bond acceptors (Lipinski definition) is 3. The smallest absolute Gasteiger partial charge is 0.308 e. The molecule has 0 aliphatic heterocycles. The molecular formula is C22H17ClF2N2O2S. The lowest BCUT2D eigenvalue weighted by atomic mass is 10.2. The third kappa shape index (κ3) is 5.58. The summed E-state index contributed by atoms with van der Waals surface area (Å²) in [6.07, 6.45) is 0. The second-order valence-corrected chi connectivity index (χ2v) is 8.19. The number of carbonyl (C=O) groups is 2. The number of amides is 3. The van der Waals surface area contributed by atoms with Crippen LogP contribution < -0.4 is 10.6 Å². The summed E-state index contributed by atoms with van der Waals surface area (Å²) >= 11 is 7.54. The van der Waals surface area contributed by atoms with Crippen LogP contribution in [0.4, 0.5) is 19.3 Å². The van der Waals surface area contributed by atoms with Crippen LogP contribution in [0.5, 0.6) is 0 Å². The number of hydrogen-bond donors (Lipinski definition) is 2. The Kier molecular flexibility index (Phi) is 7.07. The number of benzene rings is 3. The third-order valence-corrected chi connectivity index (χ3v) is 5.60. The molecule has 0 saturated carbocycles. The standard InChI is InChI=1S/C22H17ClF2N2O2S/c1-13(14-5-7-15(23)8-6-14)30-17-11-9-16(10-12-17)26-22(29)27-21(28)20-18(24)3-2-4-19(20)25/h2-13H,1H3,(H2,26,27,28,29). The highest BCUT2D eigenvalue weighted by Crippen LogP contribution is 2.35. The molecule has 3 rings (SSSR count). The van der Waals surface area contributed by atoms with Crippen LogP contribution in [0.15, 0.2) is 71.6 Å². The Balaban J connectivity index is 1.58. The van der Waals surface area contributed by atoms with Gasteiger partial charge in [0.25, 0.3) is 5.91 Å². The number of anilines is 1. The average Bonchev–Trinajstić information content (AvgIpc) is 2.69. The number of carbonyl (C=O) groups excluding carboxylic acids is 2. The van der Waals surface area contributed by atoms with E-state index in [1.54, 1.807) is 23.9 Å². The van der Waals surface area contributed by atoms with Crippen LogP contribution in [0, 0.1) is 11.6 Å². The monoisotopic (exact) mass is 446 g/mol. The van der Waals surface area contributed by atoms with Crippen LogP contribution in [0.25, 0.3) is 0 Å². The Hall–Kier alpha value is -2.90. The molecule has 154 valence electrons. The lowest BCUT2D eigenvalue weighted by Crippen LogP contribution is -2.35. The minimum Gasteiger partial charge on any atom is -0.308 e. The summed E-state index contributed by atoms with van der Waals surface area (Å²) in [6.45, 7) is 2.07. The minimum atomic E-state index is -1.16. The van der Waals surface area contributed by atoms with E-state index in [0.29, 0.717) is 10.7 Å². The Labute approximate surface area is 181 Å². The van der Waals surface area contributed by atoms with E-state index in [2.05, 4.69) is 12.2 Å². The van der Waals surface area contributed by atoms with Crippen molar-refractivity contribution < 1.29 is 18.4 Å². The molecule has 0 fully saturated rings. The van der Waals surface area contributed by atoms with Crippen molar-refractivity contribution in [2.45, 2.75) is 17.1 Å². The molecule has 3 aromatic rings. The van der Waals surface area contributed by atoms with E-state index in [1.165, 1.54) is 0 Å². The molecule has 0 bridgehead atoms. The normalized spacial score (nSPS) is 11.6. The fraction of sp³-hybridized carbons (Fsp3) is 0.0909. The van der Waals surface area contributed by atoms with E-state index in [-0.39, 0.29) is 5.25 Å². The predicted octanol–water partition coefficient (Wildman–Crippen LogP) is 6.43. The second kappa shape index (κ2) is 9.73. The minimum absolute atomic E-state index is 0.192. The van der Waals surface area contributed by atoms with E-state index in [0.717, 1.165) is 28.7 Å². The fourth-order valence-electron chi connectivity index (χ4n) is 2.67. The first-order chi connectivity index (χ1) is 14.3. The average molecular weight is 447 g/mol. The van der Waals surface area contributed by atoms with Crippen molar-refractivity contribution in [2.75, 3.05) is 5.32 Å². The van der Waals surface area contributed by atoms with E-state index in [4.69, 9.17) is 11.6 Å². The molecular weight excluding hydrogens is 430 g/mol. The van der Waals surface area contributed by atoms with Gasteiger partial charge in [0.2, 0.25) is 0 Å². The molecule has 2 N–H and O–H groups in total. The maximum Gasteiger partial charge on any atom is 0.326 e. The summed E-state index contributed by atoms with van der Waals surface area (Å²) in [5.74, 6) is -3.25. The Morgan fingerprint density at radius 3 is 2.13 bits per heavy atom. The molecule has 3 aromatic carbocycles. The van der Waals surface area contributed by atoms with Gasteiger partial charge in [0.1, 0.15) is 17.2 Å². The summed E-state index contributed by atoms with van der Waals surface area (Å²) in [5, 5.41) is 5.25. The van der Waals surface area contributed by atoms with Crippen molar-refractivity contribution in [3.63, 3.8) is 0 Å². The number of imide groups is 1. The summed E-state index contributed by atoms with van der Waals surface area (Å²) in [5.41, 5.74) is 0.748. The van der Waals surface area contributed by atoms with Gasteiger partial charge < -0.3 is 5.32 Å². The largest absolute Gasteiger partial charge is 0.326 e. The van der Waals surface area contributed by atoms with Crippen molar-refractivity contribution in [3.05, 3.63) is 94.5 Å². The third-order valence-electron chi connectivity index (χ3n) is 4.18. The van der Waals surface area contributed by atoms with E-state index in [9.17, 15) is 18.4 Å². The quantitative estimate of drug-likeness (QED) is 0.444. The maximum absolute atomic E-state index is 13.6. The number of thioether (sulfide) groups is 1. The molecule has 0 radical (unpaired) electrons. The van der Waals surface area contributed by atoms with Gasteiger partial charge in [-0.2, -0.15) is 0 Å². The van der Waals surface area contributed by atoms with Gasteiger partial charge in [-0.1, -0.05) is 29.8 Å². The van der Waals surface area contributed by atoms with Crippen molar-refractivity contribution in [2.24, 2.45) is 0 Å². The first-order valence-corrected chi connectivity index (χ1v) is 10.2. The van der Waals surface area contributed by atoms with Crippen molar-refractivity contribution in [1.82, 2.24) is 5.32 Å². The fourth-order valence-corrected chi connectivity index (χ4v) is 3.79. The molecule has 1 atom stereocenters. The van der Waals surface area contributed by atoms with Gasteiger partial charge >= 0.3 is 6.03 Å². The molecule has 0 aliphatic carbocycles. The van der Waals surface area contributed by atoms with Gasteiger partial charge in [-0.3, -0.25) is 10.1 Å². The Bertz CT molecular complexity index is 1040. The SMILES string of the molecule is CC(Sc1ccc(NC(=O)NC(=O)c2c(F)cccc2F)cc1)c1ccc(Cl)cc1. The van der Waals surface area contributed by atoms with Crippen LogP contribution >= 0.6 is 23.4 Å². The predicted molar refractivity (Wildman–Crippen MR) is 115 cm³/mol. The lowest BCUT2D eigenvalue weighted by molar-refractivity contribution is 0.0959. The molecule has 0 aromatic heterocycles. The van der Waals surface area contributed by atoms with Crippen LogP contribution in [0.1, 0.15) is 28.1 Å². The van der Waals surface area contributed by atoms with Gasteiger partial charge in [0.15, 0.2) is 0 Å². The van der Waals surface area contributed by atoms with Crippen LogP contribution in [-0.2, 0) is 0 Å². The number of urea groups is 1. The van der Waals surface area contributed by atoms with E-state index >= 15 is 0 Å². The van der Waals surface area contributed by atoms with Gasteiger partial charge in [-0.15, -0.1) is 11.8 Å². The first-order valence-electron chi connectivity index (χ1n) is 8.92. The lowest BCUT2D eigenvalue weighted by Gasteiger charge is -2.12. The molecule has 30 heavy (non-hydrogen) atoms. The molecule has 3 amide bonds. The Morgan fingerprint density at radius 1 is 0.933 bits per heavy atom. The van der Waals surface area contributed by atoms with Gasteiger partial charge in [0.05, 0.1) is 0 Å². The molecule has 1 unspecified atom stereocenters. The molecule has 0 saturated heterocycles. The van der Waals surface area contributed by atoms with Crippen molar-refractivity contribution in [3.8, 4) is 0 Å². The summed E-state index contributed by atoms with van der Waals surface area (Å²) in [6, 6.07) is 16.7. The maximum atomic E-state index is 13.6. The number of halogens is 3. The first kappa shape index (κ1) is 21.8. The van der Waals surface area contributed by atoms with Crippen LogP contribution in [-0.4, -0.2) is 11.9 Å². The van der Waals surface area contributed by atoms with Crippen molar-refractivity contribution in [1.29, 1.82) is 0 Å². The highest BCUT2D eigenvalue weighted by atomic mass is 35.5. The highest BCUT2D eigenvalue weighted by molar-refractivity contribution is 7.99. The zero-order valence-corrected chi connectivity index (χ0v) is 17.4. The van der Waals surface area contributed by atoms with E-state index in [1.807, 2.05) is 41.7 Å². The van der Waals surface area contributed by atoms with Gasteiger partial charge in [-0.25, -0.2) is 13.6 Å². The van der Waals surface area contributed by atoms with Gasteiger partial charge in [0, 0.05) is 20.9 Å². The summed E-state index contributed by atoms with van der Waals surface area (Å²) < 4.78 is 27.3. The number of rotatable bonds is 5. The van der Waals surface area contributed by atoms with Gasteiger partial charge in [-0.05, 0) is 61.0 Å². The molecule has 0 heterocycles. The Morgan fingerprint density at radius 2 is 1.53 bits per heavy atom. The highest BCUT2D eigenvalue weighted by Gasteiger charge is 2.19. The zero-order valence-electron chi connectivity index (χ0n) is 15.8. The molecule has 4 nitrogen and oxygen atoms in total. The van der Waals surface area contributed by atoms with E-state index < -0.39 is 29.1 Å². The molecule has 8 heteroatoms.